The van der Waals surface area contributed by atoms with Crippen molar-refractivity contribution in [3.05, 3.63) is 56.0 Å². The van der Waals surface area contributed by atoms with Crippen LogP contribution in [0.25, 0.3) is 0 Å². The molecular formula is C15H12Cl3NO. The zero-order valence-electron chi connectivity index (χ0n) is 10.9. The lowest BCUT2D eigenvalue weighted by Gasteiger charge is -2.08. The number of nitrogens with zero attached hydrogens (tertiary/aromatic N) is 1. The molecule has 2 aromatic carbocycles. The zero-order valence-corrected chi connectivity index (χ0v) is 13.2. The van der Waals surface area contributed by atoms with Crippen LogP contribution in [0.4, 0.5) is 5.69 Å². The standard InChI is InChI=1S/C15H12Cl3NO/c1-8-5-14(20)11(9(2)15(8)18)7-19-13-6-10(16)3-4-12(13)17/h3-7,20H,1-2H3. The molecule has 0 saturated carbocycles. The molecule has 0 aliphatic rings. The molecule has 0 saturated heterocycles. The van der Waals surface area contributed by atoms with Gasteiger partial charge in [-0.1, -0.05) is 34.8 Å². The molecule has 104 valence electrons. The predicted octanol–water partition coefficient (Wildman–Crippen LogP) is 5.72. The second-order valence-electron chi connectivity index (χ2n) is 4.42. The van der Waals surface area contributed by atoms with Crippen LogP contribution in [-0.4, -0.2) is 11.3 Å². The molecule has 0 aliphatic heterocycles. The van der Waals surface area contributed by atoms with E-state index >= 15 is 0 Å². The molecule has 0 fully saturated rings. The van der Waals surface area contributed by atoms with E-state index in [9.17, 15) is 5.11 Å². The number of aliphatic imine (C=N–C) groups is 1. The third kappa shape index (κ3) is 3.09. The van der Waals surface area contributed by atoms with Gasteiger partial charge < -0.3 is 5.11 Å². The second kappa shape index (κ2) is 6.04. The quantitative estimate of drug-likeness (QED) is 0.703. The van der Waals surface area contributed by atoms with Crippen molar-refractivity contribution in [3.63, 3.8) is 0 Å². The van der Waals surface area contributed by atoms with Crippen molar-refractivity contribution in [2.45, 2.75) is 13.8 Å². The lowest BCUT2D eigenvalue weighted by molar-refractivity contribution is 0.473. The third-order valence-electron chi connectivity index (χ3n) is 2.95. The van der Waals surface area contributed by atoms with Gasteiger partial charge in [0.05, 0.1) is 10.7 Å². The topological polar surface area (TPSA) is 32.6 Å². The molecule has 5 heteroatoms. The SMILES string of the molecule is Cc1cc(O)c(C=Nc2cc(Cl)ccc2Cl)c(C)c1Cl. The Morgan fingerprint density at radius 3 is 2.50 bits per heavy atom. The van der Waals surface area contributed by atoms with Crippen LogP contribution >= 0.6 is 34.8 Å². The normalized spacial score (nSPS) is 11.2. The molecule has 0 bridgehead atoms. The molecule has 1 N–H and O–H groups in total. The van der Waals surface area contributed by atoms with E-state index in [1.54, 1.807) is 24.3 Å². The van der Waals surface area contributed by atoms with Gasteiger partial charge in [0.2, 0.25) is 0 Å². The maximum atomic E-state index is 9.99. The average molecular weight is 329 g/mol. The minimum absolute atomic E-state index is 0.131. The minimum Gasteiger partial charge on any atom is -0.507 e. The van der Waals surface area contributed by atoms with E-state index in [1.165, 1.54) is 6.21 Å². The van der Waals surface area contributed by atoms with E-state index in [4.69, 9.17) is 34.8 Å². The lowest BCUT2D eigenvalue weighted by atomic mass is 10.0. The van der Waals surface area contributed by atoms with Crippen LogP contribution in [0.5, 0.6) is 5.75 Å². The molecule has 2 nitrogen and oxygen atoms in total. The van der Waals surface area contributed by atoms with Gasteiger partial charge in [-0.2, -0.15) is 0 Å². The Morgan fingerprint density at radius 2 is 1.80 bits per heavy atom. The number of aromatic hydroxyl groups is 1. The molecular weight excluding hydrogens is 317 g/mol. The van der Waals surface area contributed by atoms with E-state index in [1.807, 2.05) is 13.8 Å². The van der Waals surface area contributed by atoms with Gasteiger partial charge >= 0.3 is 0 Å². The number of benzene rings is 2. The molecule has 0 spiro atoms. The number of hydrogen-bond acceptors (Lipinski definition) is 2. The Balaban J connectivity index is 2.47. The predicted molar refractivity (Wildman–Crippen MR) is 86.3 cm³/mol. The van der Waals surface area contributed by atoms with Gasteiger partial charge in [0.15, 0.2) is 0 Å². The molecule has 20 heavy (non-hydrogen) atoms. The number of halogens is 3. The van der Waals surface area contributed by atoms with Gasteiger partial charge in [-0.05, 0) is 49.2 Å². The first-order chi connectivity index (χ1) is 9.40. The Labute approximate surface area is 132 Å². The van der Waals surface area contributed by atoms with Gasteiger partial charge in [0, 0.05) is 21.8 Å². The van der Waals surface area contributed by atoms with Crippen LogP contribution in [0.15, 0.2) is 29.3 Å². The van der Waals surface area contributed by atoms with Crippen molar-refractivity contribution in [2.24, 2.45) is 4.99 Å². The van der Waals surface area contributed by atoms with E-state index in [0.29, 0.717) is 26.3 Å². The number of aryl methyl sites for hydroxylation is 1. The van der Waals surface area contributed by atoms with Crippen molar-refractivity contribution in [3.8, 4) is 5.75 Å². The van der Waals surface area contributed by atoms with Crippen molar-refractivity contribution in [1.29, 1.82) is 0 Å². The third-order valence-corrected chi connectivity index (χ3v) is 4.09. The molecule has 0 aromatic heterocycles. The summed E-state index contributed by atoms with van der Waals surface area (Å²) in [5.41, 5.74) is 2.69. The van der Waals surface area contributed by atoms with Crippen molar-refractivity contribution in [1.82, 2.24) is 0 Å². The second-order valence-corrected chi connectivity index (χ2v) is 5.64. The molecule has 2 aromatic rings. The van der Waals surface area contributed by atoms with Gasteiger partial charge in [-0.3, -0.25) is 4.99 Å². The summed E-state index contributed by atoms with van der Waals surface area (Å²) in [4.78, 5) is 4.27. The Morgan fingerprint density at radius 1 is 1.10 bits per heavy atom. The van der Waals surface area contributed by atoms with Crippen LogP contribution in [0.1, 0.15) is 16.7 Å². The van der Waals surface area contributed by atoms with Crippen molar-refractivity contribution < 1.29 is 5.11 Å². The maximum absolute atomic E-state index is 9.99. The number of hydrogen-bond donors (Lipinski definition) is 1. The number of phenolic OH excluding ortho intramolecular Hbond substituents is 1. The Hall–Kier alpha value is -1.22. The van der Waals surface area contributed by atoms with Crippen LogP contribution < -0.4 is 0 Å². The van der Waals surface area contributed by atoms with Crippen molar-refractivity contribution >= 4 is 46.7 Å². The maximum Gasteiger partial charge on any atom is 0.124 e. The summed E-state index contributed by atoms with van der Waals surface area (Å²) in [5, 5.41) is 11.6. The van der Waals surface area contributed by atoms with Crippen LogP contribution in [-0.2, 0) is 0 Å². The zero-order chi connectivity index (χ0) is 14.9. The fourth-order valence-electron chi connectivity index (χ4n) is 1.83. The highest BCUT2D eigenvalue weighted by Crippen LogP contribution is 2.31. The van der Waals surface area contributed by atoms with Gasteiger partial charge in [-0.25, -0.2) is 0 Å². The summed E-state index contributed by atoms with van der Waals surface area (Å²) in [5.74, 6) is 0.131. The van der Waals surface area contributed by atoms with Gasteiger partial charge in [-0.15, -0.1) is 0 Å². The number of rotatable bonds is 2. The van der Waals surface area contributed by atoms with Crippen LogP contribution in [0.2, 0.25) is 15.1 Å². The highest BCUT2D eigenvalue weighted by Gasteiger charge is 2.10. The summed E-state index contributed by atoms with van der Waals surface area (Å²) < 4.78 is 0. The fraction of sp³-hybridized carbons (Fsp3) is 0.133. The Kier molecular flexibility index (Phi) is 4.59. The summed E-state index contributed by atoms with van der Waals surface area (Å²) >= 11 is 18.1. The monoisotopic (exact) mass is 327 g/mol. The van der Waals surface area contributed by atoms with Crippen LogP contribution in [0.3, 0.4) is 0 Å². The lowest BCUT2D eigenvalue weighted by Crippen LogP contribution is -1.92. The highest BCUT2D eigenvalue weighted by atomic mass is 35.5. The molecule has 2 rings (SSSR count). The van der Waals surface area contributed by atoms with Crippen LogP contribution in [0, 0.1) is 13.8 Å². The largest absolute Gasteiger partial charge is 0.507 e. The molecule has 0 aliphatic carbocycles. The van der Waals surface area contributed by atoms with E-state index in [-0.39, 0.29) is 5.75 Å². The molecule has 0 radical (unpaired) electrons. The average Bonchev–Trinajstić information content (AvgIpc) is 2.40. The fourth-order valence-corrected chi connectivity index (χ4v) is 2.32. The molecule has 0 heterocycles. The van der Waals surface area contributed by atoms with Gasteiger partial charge in [0.25, 0.3) is 0 Å². The van der Waals surface area contributed by atoms with Gasteiger partial charge in [0.1, 0.15) is 5.75 Å². The minimum atomic E-state index is 0.131. The summed E-state index contributed by atoms with van der Waals surface area (Å²) in [6.45, 7) is 3.67. The molecule has 0 amide bonds. The highest BCUT2D eigenvalue weighted by molar-refractivity contribution is 6.35. The first kappa shape index (κ1) is 15.2. The first-order valence-electron chi connectivity index (χ1n) is 5.88. The van der Waals surface area contributed by atoms with Crippen molar-refractivity contribution in [2.75, 3.05) is 0 Å². The summed E-state index contributed by atoms with van der Waals surface area (Å²) in [6, 6.07) is 6.62. The van der Waals surface area contributed by atoms with E-state index in [2.05, 4.69) is 4.99 Å². The van der Waals surface area contributed by atoms with E-state index < -0.39 is 0 Å². The summed E-state index contributed by atoms with van der Waals surface area (Å²) in [6.07, 6.45) is 1.54. The number of phenols is 1. The summed E-state index contributed by atoms with van der Waals surface area (Å²) in [7, 11) is 0. The smallest absolute Gasteiger partial charge is 0.124 e. The van der Waals surface area contributed by atoms with E-state index in [0.717, 1.165) is 11.1 Å². The molecule has 0 unspecified atom stereocenters. The molecule has 0 atom stereocenters. The Bertz CT molecular complexity index is 696. The first-order valence-corrected chi connectivity index (χ1v) is 7.01.